The van der Waals surface area contributed by atoms with Crippen molar-refractivity contribution in [1.82, 2.24) is 20.5 Å². The van der Waals surface area contributed by atoms with E-state index in [4.69, 9.17) is 0 Å². The van der Waals surface area contributed by atoms with Crippen molar-refractivity contribution < 1.29 is 4.79 Å². The maximum atomic E-state index is 12.3. The lowest BCUT2D eigenvalue weighted by molar-refractivity contribution is -0.131. The van der Waals surface area contributed by atoms with Crippen LogP contribution < -0.4 is 15.5 Å². The number of pyridine rings is 1. The van der Waals surface area contributed by atoms with E-state index in [0.29, 0.717) is 25.5 Å². The Bertz CT molecular complexity index is 558. The molecular formula is C17H27IN6O. The lowest BCUT2D eigenvalue weighted by Gasteiger charge is -2.35. The molecule has 1 amide bonds. The summed E-state index contributed by atoms with van der Waals surface area (Å²) in [6.07, 6.45) is 4.02. The number of hydrogen-bond acceptors (Lipinski definition) is 4. The summed E-state index contributed by atoms with van der Waals surface area (Å²) in [7, 11) is 1.71. The minimum Gasteiger partial charge on any atom is -0.356 e. The van der Waals surface area contributed by atoms with Crippen molar-refractivity contribution in [2.45, 2.75) is 6.42 Å². The highest BCUT2D eigenvalue weighted by Crippen LogP contribution is 2.12. The SMILES string of the molecule is C=CCNC(=NC)NCCC(=O)N1CCN(c2ccccn2)CC1.I. The van der Waals surface area contributed by atoms with Gasteiger partial charge < -0.3 is 20.4 Å². The quantitative estimate of drug-likeness (QED) is 0.289. The van der Waals surface area contributed by atoms with Crippen LogP contribution in [0.4, 0.5) is 5.82 Å². The van der Waals surface area contributed by atoms with Crippen LogP contribution in [0.15, 0.2) is 42.0 Å². The molecule has 8 heteroatoms. The van der Waals surface area contributed by atoms with E-state index in [1.54, 1.807) is 19.3 Å². The van der Waals surface area contributed by atoms with Crippen molar-refractivity contribution in [3.63, 3.8) is 0 Å². The molecule has 0 atom stereocenters. The Kier molecular flexibility index (Phi) is 9.90. The van der Waals surface area contributed by atoms with Gasteiger partial charge in [-0.15, -0.1) is 30.6 Å². The molecule has 0 bridgehead atoms. The van der Waals surface area contributed by atoms with E-state index in [0.717, 1.165) is 32.0 Å². The Morgan fingerprint density at radius 3 is 2.68 bits per heavy atom. The zero-order valence-electron chi connectivity index (χ0n) is 14.6. The predicted molar refractivity (Wildman–Crippen MR) is 113 cm³/mol. The molecule has 0 spiro atoms. The lowest BCUT2D eigenvalue weighted by Crippen LogP contribution is -2.49. The average Bonchev–Trinajstić information content (AvgIpc) is 2.65. The van der Waals surface area contributed by atoms with E-state index >= 15 is 0 Å². The van der Waals surface area contributed by atoms with Crippen LogP contribution in [0.5, 0.6) is 0 Å². The molecule has 0 aromatic carbocycles. The Morgan fingerprint density at radius 2 is 2.08 bits per heavy atom. The second-order valence-corrected chi connectivity index (χ2v) is 5.47. The maximum absolute atomic E-state index is 12.3. The number of halogens is 1. The summed E-state index contributed by atoms with van der Waals surface area (Å²) in [6.45, 7) is 7.96. The van der Waals surface area contributed by atoms with Crippen molar-refractivity contribution in [3.8, 4) is 0 Å². The number of amides is 1. The molecule has 2 N–H and O–H groups in total. The van der Waals surface area contributed by atoms with Gasteiger partial charge in [-0.25, -0.2) is 4.98 Å². The zero-order valence-corrected chi connectivity index (χ0v) is 17.0. The third-order valence-corrected chi connectivity index (χ3v) is 3.87. The van der Waals surface area contributed by atoms with Crippen LogP contribution in [-0.4, -0.2) is 68.1 Å². The van der Waals surface area contributed by atoms with Crippen LogP contribution in [0.25, 0.3) is 0 Å². The van der Waals surface area contributed by atoms with Crippen LogP contribution in [-0.2, 0) is 4.79 Å². The van der Waals surface area contributed by atoms with E-state index < -0.39 is 0 Å². The molecular weight excluding hydrogens is 431 g/mol. The first-order valence-corrected chi connectivity index (χ1v) is 8.23. The van der Waals surface area contributed by atoms with Gasteiger partial charge in [0.1, 0.15) is 5.82 Å². The fourth-order valence-electron chi connectivity index (χ4n) is 2.56. The number of carbonyl (C=O) groups is 1. The van der Waals surface area contributed by atoms with Crippen LogP contribution in [0.3, 0.4) is 0 Å². The number of nitrogens with one attached hydrogen (secondary N) is 2. The number of guanidine groups is 1. The third kappa shape index (κ3) is 6.89. The summed E-state index contributed by atoms with van der Waals surface area (Å²) < 4.78 is 0. The van der Waals surface area contributed by atoms with Crippen molar-refractivity contribution in [2.24, 2.45) is 4.99 Å². The molecule has 0 saturated carbocycles. The van der Waals surface area contributed by atoms with E-state index in [-0.39, 0.29) is 29.9 Å². The van der Waals surface area contributed by atoms with Crippen LogP contribution in [0.1, 0.15) is 6.42 Å². The molecule has 1 aromatic heterocycles. The standard InChI is InChI=1S/C17H26N6O.HI/c1-3-8-20-17(18-2)21-10-7-16(24)23-13-11-22(12-14-23)15-6-4-5-9-19-15;/h3-6,9H,1,7-8,10-14H2,2H3,(H2,18,20,21);1H. The molecule has 25 heavy (non-hydrogen) atoms. The number of rotatable bonds is 6. The molecule has 1 aromatic rings. The molecule has 0 unspecified atom stereocenters. The zero-order chi connectivity index (χ0) is 17.2. The van der Waals surface area contributed by atoms with Crippen molar-refractivity contribution in [1.29, 1.82) is 0 Å². The van der Waals surface area contributed by atoms with Gasteiger partial charge in [-0.3, -0.25) is 9.79 Å². The number of aliphatic imine (C=N–C) groups is 1. The number of nitrogens with zero attached hydrogens (tertiary/aromatic N) is 4. The minimum atomic E-state index is 0. The summed E-state index contributed by atoms with van der Waals surface area (Å²) >= 11 is 0. The summed E-state index contributed by atoms with van der Waals surface area (Å²) in [5.74, 6) is 1.83. The molecule has 0 aliphatic carbocycles. The average molecular weight is 458 g/mol. The first-order valence-electron chi connectivity index (χ1n) is 8.23. The molecule has 1 saturated heterocycles. The van der Waals surface area contributed by atoms with E-state index in [1.165, 1.54) is 0 Å². The minimum absolute atomic E-state index is 0. The summed E-state index contributed by atoms with van der Waals surface area (Å²) in [5.41, 5.74) is 0. The van der Waals surface area contributed by atoms with Gasteiger partial charge in [-0.05, 0) is 12.1 Å². The van der Waals surface area contributed by atoms with Crippen LogP contribution >= 0.6 is 24.0 Å². The Morgan fingerprint density at radius 1 is 1.32 bits per heavy atom. The van der Waals surface area contributed by atoms with Gasteiger partial charge >= 0.3 is 0 Å². The first-order chi connectivity index (χ1) is 11.7. The molecule has 1 aliphatic rings. The Balaban J connectivity index is 0.00000312. The van der Waals surface area contributed by atoms with Gasteiger partial charge in [0, 0.05) is 58.9 Å². The van der Waals surface area contributed by atoms with Gasteiger partial charge in [0.2, 0.25) is 5.91 Å². The molecule has 7 nitrogen and oxygen atoms in total. The second kappa shape index (κ2) is 11.7. The molecule has 1 fully saturated rings. The fraction of sp³-hybridized carbons (Fsp3) is 0.471. The summed E-state index contributed by atoms with van der Waals surface area (Å²) in [6, 6.07) is 5.90. The van der Waals surface area contributed by atoms with Crippen molar-refractivity contribution in [2.75, 3.05) is 51.2 Å². The highest BCUT2D eigenvalue weighted by atomic mass is 127. The molecule has 0 radical (unpaired) electrons. The lowest BCUT2D eigenvalue weighted by atomic mass is 10.2. The number of piperazine rings is 1. The van der Waals surface area contributed by atoms with Gasteiger partial charge in [0.25, 0.3) is 0 Å². The molecule has 2 heterocycles. The molecule has 2 rings (SSSR count). The van der Waals surface area contributed by atoms with Gasteiger partial charge in [0.05, 0.1) is 0 Å². The molecule has 1 aliphatic heterocycles. The van der Waals surface area contributed by atoms with Crippen LogP contribution in [0.2, 0.25) is 0 Å². The van der Waals surface area contributed by atoms with Crippen molar-refractivity contribution >= 4 is 41.7 Å². The number of anilines is 1. The van der Waals surface area contributed by atoms with E-state index in [1.807, 2.05) is 23.1 Å². The smallest absolute Gasteiger partial charge is 0.224 e. The van der Waals surface area contributed by atoms with Crippen molar-refractivity contribution in [3.05, 3.63) is 37.1 Å². The van der Waals surface area contributed by atoms with E-state index in [2.05, 4.69) is 32.1 Å². The first kappa shape index (κ1) is 21.2. The topological polar surface area (TPSA) is 72.9 Å². The maximum Gasteiger partial charge on any atom is 0.224 e. The largest absolute Gasteiger partial charge is 0.356 e. The highest BCUT2D eigenvalue weighted by Gasteiger charge is 2.21. The third-order valence-electron chi connectivity index (χ3n) is 3.87. The summed E-state index contributed by atoms with van der Waals surface area (Å²) in [5, 5.41) is 6.21. The summed E-state index contributed by atoms with van der Waals surface area (Å²) in [4.78, 5) is 24.9. The normalized spacial score (nSPS) is 14.5. The van der Waals surface area contributed by atoms with Gasteiger partial charge in [-0.1, -0.05) is 12.1 Å². The molecule has 138 valence electrons. The number of carbonyl (C=O) groups excluding carboxylic acids is 1. The Labute approximate surface area is 166 Å². The van der Waals surface area contributed by atoms with Crippen LogP contribution in [0, 0.1) is 0 Å². The fourth-order valence-corrected chi connectivity index (χ4v) is 2.56. The monoisotopic (exact) mass is 458 g/mol. The van der Waals surface area contributed by atoms with E-state index in [9.17, 15) is 4.79 Å². The van der Waals surface area contributed by atoms with Gasteiger partial charge in [-0.2, -0.15) is 0 Å². The predicted octanol–water partition coefficient (Wildman–Crippen LogP) is 1.09. The highest BCUT2D eigenvalue weighted by molar-refractivity contribution is 14.0. The Hall–Kier alpha value is -1.84. The van der Waals surface area contributed by atoms with Gasteiger partial charge in [0.15, 0.2) is 5.96 Å². The number of hydrogen-bond donors (Lipinski definition) is 2. The number of aromatic nitrogens is 1. The second-order valence-electron chi connectivity index (χ2n) is 5.47.